The first-order valence-corrected chi connectivity index (χ1v) is 7.16. The molecule has 17 heavy (non-hydrogen) atoms. The Morgan fingerprint density at radius 2 is 2.12 bits per heavy atom. The Hall–Kier alpha value is -0.920. The van der Waals surface area contributed by atoms with Crippen LogP contribution in [0.25, 0.3) is 0 Å². The first-order valence-electron chi connectivity index (χ1n) is 5.72. The Labute approximate surface area is 102 Å². The van der Waals surface area contributed by atoms with E-state index < -0.39 is 10.0 Å². The van der Waals surface area contributed by atoms with Gasteiger partial charge >= 0.3 is 0 Å². The molecule has 1 N–H and O–H groups in total. The van der Waals surface area contributed by atoms with E-state index in [0.29, 0.717) is 25.5 Å². The lowest BCUT2D eigenvalue weighted by Crippen LogP contribution is -2.34. The summed E-state index contributed by atoms with van der Waals surface area (Å²) in [5.41, 5.74) is 0. The first kappa shape index (κ1) is 12.5. The van der Waals surface area contributed by atoms with Gasteiger partial charge in [-0.3, -0.25) is 0 Å². The second-order valence-corrected chi connectivity index (χ2v) is 6.13. The Morgan fingerprint density at radius 1 is 1.35 bits per heavy atom. The molecule has 0 aromatic carbocycles. The van der Waals surface area contributed by atoms with Crippen LogP contribution in [0.1, 0.15) is 12.2 Å². The van der Waals surface area contributed by atoms with Gasteiger partial charge in [-0.25, -0.2) is 13.4 Å². The molecule has 96 valence electrons. The van der Waals surface area contributed by atoms with Crippen molar-refractivity contribution in [2.45, 2.75) is 18.4 Å². The summed E-state index contributed by atoms with van der Waals surface area (Å²) in [6.07, 6.45) is 2.41. The smallest absolute Gasteiger partial charge is 0.262 e. The summed E-state index contributed by atoms with van der Waals surface area (Å²) in [5.74, 6) is 0.705. The standard InChI is InChI=1S/C10H18N4O2S/c1-9-12-10(8-13(9)2)17(15,16)14-6-3-4-11-5-7-14/h8,11H,3-7H2,1-2H3. The van der Waals surface area contributed by atoms with Crippen molar-refractivity contribution in [3.05, 3.63) is 12.0 Å². The van der Waals surface area contributed by atoms with Crippen LogP contribution in [0.3, 0.4) is 0 Å². The second kappa shape index (κ2) is 4.75. The van der Waals surface area contributed by atoms with Crippen molar-refractivity contribution in [1.29, 1.82) is 0 Å². The van der Waals surface area contributed by atoms with Gasteiger partial charge in [-0.05, 0) is 19.9 Å². The molecule has 1 fully saturated rings. The summed E-state index contributed by atoms with van der Waals surface area (Å²) in [4.78, 5) is 4.10. The summed E-state index contributed by atoms with van der Waals surface area (Å²) < 4.78 is 27.9. The van der Waals surface area contributed by atoms with Gasteiger partial charge in [-0.15, -0.1) is 0 Å². The molecule has 0 radical (unpaired) electrons. The number of hydrogen-bond acceptors (Lipinski definition) is 4. The van der Waals surface area contributed by atoms with Crippen molar-refractivity contribution in [3.63, 3.8) is 0 Å². The number of aromatic nitrogens is 2. The number of nitrogens with zero attached hydrogens (tertiary/aromatic N) is 3. The second-order valence-electron chi connectivity index (χ2n) is 4.24. The Bertz CT molecular complexity index is 467. The summed E-state index contributed by atoms with van der Waals surface area (Å²) in [5, 5.41) is 3.34. The molecule has 1 aromatic rings. The fourth-order valence-corrected chi connectivity index (χ4v) is 3.35. The summed E-state index contributed by atoms with van der Waals surface area (Å²) in [6, 6.07) is 0. The highest BCUT2D eigenvalue weighted by atomic mass is 32.2. The zero-order chi connectivity index (χ0) is 12.5. The van der Waals surface area contributed by atoms with E-state index in [1.807, 2.05) is 0 Å². The molecule has 0 atom stereocenters. The summed E-state index contributed by atoms with van der Waals surface area (Å²) in [7, 11) is -1.63. The van der Waals surface area contributed by atoms with Gasteiger partial charge in [-0.2, -0.15) is 4.31 Å². The van der Waals surface area contributed by atoms with Gasteiger partial charge in [0, 0.05) is 32.9 Å². The van der Waals surface area contributed by atoms with Crippen molar-refractivity contribution in [2.75, 3.05) is 26.2 Å². The molecule has 0 aliphatic carbocycles. The van der Waals surface area contributed by atoms with E-state index in [9.17, 15) is 8.42 Å². The molecule has 1 aliphatic heterocycles. The van der Waals surface area contributed by atoms with Gasteiger partial charge < -0.3 is 9.88 Å². The zero-order valence-electron chi connectivity index (χ0n) is 10.2. The number of sulfonamides is 1. The molecule has 2 heterocycles. The van der Waals surface area contributed by atoms with Gasteiger partial charge in [0.2, 0.25) is 0 Å². The molecule has 0 unspecified atom stereocenters. The van der Waals surface area contributed by atoms with E-state index in [-0.39, 0.29) is 5.03 Å². The highest BCUT2D eigenvalue weighted by molar-refractivity contribution is 7.89. The summed E-state index contributed by atoms with van der Waals surface area (Å²) >= 11 is 0. The Kier molecular flexibility index (Phi) is 3.50. The fraction of sp³-hybridized carbons (Fsp3) is 0.700. The van der Waals surface area contributed by atoms with Crippen LogP contribution in [0, 0.1) is 6.92 Å². The predicted molar refractivity (Wildman–Crippen MR) is 64.2 cm³/mol. The van der Waals surface area contributed by atoms with Crippen LogP contribution in [0.5, 0.6) is 0 Å². The largest absolute Gasteiger partial charge is 0.337 e. The maximum absolute atomic E-state index is 12.3. The number of aryl methyl sites for hydroxylation is 2. The molecule has 0 spiro atoms. The predicted octanol–water partition coefficient (Wildman–Crippen LogP) is -0.287. The highest BCUT2D eigenvalue weighted by Crippen LogP contribution is 2.15. The Morgan fingerprint density at radius 3 is 2.76 bits per heavy atom. The molecule has 1 aromatic heterocycles. The normalized spacial score (nSPS) is 19.2. The van der Waals surface area contributed by atoms with Crippen LogP contribution in [0.4, 0.5) is 0 Å². The van der Waals surface area contributed by atoms with Crippen LogP contribution in [0.2, 0.25) is 0 Å². The number of hydrogen-bond donors (Lipinski definition) is 1. The SMILES string of the molecule is Cc1nc(S(=O)(=O)N2CCCNCC2)cn1C. The van der Waals surface area contributed by atoms with E-state index in [4.69, 9.17) is 0 Å². The van der Waals surface area contributed by atoms with Crippen LogP contribution >= 0.6 is 0 Å². The van der Waals surface area contributed by atoms with E-state index in [0.717, 1.165) is 13.0 Å². The van der Waals surface area contributed by atoms with Crippen molar-refractivity contribution in [2.24, 2.45) is 7.05 Å². The van der Waals surface area contributed by atoms with Crippen molar-refractivity contribution in [3.8, 4) is 0 Å². The van der Waals surface area contributed by atoms with Gasteiger partial charge in [0.25, 0.3) is 10.0 Å². The zero-order valence-corrected chi connectivity index (χ0v) is 11.0. The number of imidazole rings is 1. The lowest BCUT2D eigenvalue weighted by molar-refractivity contribution is 0.430. The van der Waals surface area contributed by atoms with Gasteiger partial charge in [0.05, 0.1) is 0 Å². The lowest BCUT2D eigenvalue weighted by Gasteiger charge is -2.17. The third-order valence-corrected chi connectivity index (χ3v) is 4.76. The minimum atomic E-state index is -3.43. The molecule has 0 amide bonds. The fourth-order valence-electron chi connectivity index (χ4n) is 1.84. The van der Waals surface area contributed by atoms with Crippen molar-refractivity contribution in [1.82, 2.24) is 19.2 Å². The third-order valence-electron chi connectivity index (χ3n) is 2.99. The van der Waals surface area contributed by atoms with E-state index >= 15 is 0 Å². The van der Waals surface area contributed by atoms with E-state index in [1.54, 1.807) is 24.7 Å². The maximum Gasteiger partial charge on any atom is 0.262 e. The summed E-state index contributed by atoms with van der Waals surface area (Å²) in [6.45, 7) is 4.43. The highest BCUT2D eigenvalue weighted by Gasteiger charge is 2.27. The lowest BCUT2D eigenvalue weighted by atomic mass is 10.4. The first-order chi connectivity index (χ1) is 8.01. The van der Waals surface area contributed by atoms with Gasteiger partial charge in [0.1, 0.15) is 5.82 Å². The van der Waals surface area contributed by atoms with Crippen LogP contribution in [-0.2, 0) is 17.1 Å². The molecule has 0 saturated carbocycles. The number of nitrogens with one attached hydrogen (secondary N) is 1. The van der Waals surface area contributed by atoms with E-state index in [1.165, 1.54) is 4.31 Å². The minimum absolute atomic E-state index is 0.152. The topological polar surface area (TPSA) is 67.2 Å². The third kappa shape index (κ3) is 2.51. The van der Waals surface area contributed by atoms with Crippen LogP contribution < -0.4 is 5.32 Å². The minimum Gasteiger partial charge on any atom is -0.337 e. The van der Waals surface area contributed by atoms with Crippen molar-refractivity contribution >= 4 is 10.0 Å². The van der Waals surface area contributed by atoms with Gasteiger partial charge in [0.15, 0.2) is 5.03 Å². The molecule has 2 rings (SSSR count). The molecule has 6 nitrogen and oxygen atoms in total. The molecule has 7 heteroatoms. The number of rotatable bonds is 2. The molecule has 1 aliphatic rings. The Balaban J connectivity index is 2.28. The van der Waals surface area contributed by atoms with Crippen LogP contribution in [-0.4, -0.2) is 48.5 Å². The van der Waals surface area contributed by atoms with Gasteiger partial charge in [-0.1, -0.05) is 0 Å². The average Bonchev–Trinajstić information content (AvgIpc) is 2.54. The van der Waals surface area contributed by atoms with Crippen molar-refractivity contribution < 1.29 is 8.42 Å². The molecular weight excluding hydrogens is 240 g/mol. The monoisotopic (exact) mass is 258 g/mol. The molecular formula is C10H18N4O2S. The molecule has 0 bridgehead atoms. The maximum atomic E-state index is 12.3. The van der Waals surface area contributed by atoms with E-state index in [2.05, 4.69) is 10.3 Å². The quantitative estimate of drug-likeness (QED) is 0.792. The molecule has 1 saturated heterocycles. The van der Waals surface area contributed by atoms with Crippen LogP contribution in [0.15, 0.2) is 11.2 Å². The average molecular weight is 258 g/mol.